The molecular weight excluding hydrogens is 372 g/mol. The zero-order valence-electron chi connectivity index (χ0n) is 14.3. The lowest BCUT2D eigenvalue weighted by atomic mass is 10.2. The van der Waals surface area contributed by atoms with E-state index in [0.29, 0.717) is 5.02 Å². The minimum Gasteiger partial charge on any atom is -0.452 e. The number of aromatic nitrogens is 1. The average molecular weight is 389 g/mol. The zero-order chi connectivity index (χ0) is 18.7. The van der Waals surface area contributed by atoms with Crippen LogP contribution in [-0.4, -0.2) is 35.4 Å². The Morgan fingerprint density at radius 1 is 1.19 bits per heavy atom. The summed E-state index contributed by atoms with van der Waals surface area (Å²) in [6, 6.07) is 14.2. The van der Waals surface area contributed by atoms with Gasteiger partial charge in [-0.2, -0.15) is 0 Å². The van der Waals surface area contributed by atoms with Gasteiger partial charge >= 0.3 is 5.97 Å². The second-order valence-corrected chi connectivity index (χ2v) is 7.23. The Hall–Kier alpha value is -2.44. The number of esters is 1. The van der Waals surface area contributed by atoms with Gasteiger partial charge in [-0.1, -0.05) is 35.9 Å². The standard InChI is InChI=1S/C19H17ClN2O3S/c1-12(18-21-15-9-5-6-10-16(15)26-18)22(2)17(23)11-25-19(24)13-7-3-4-8-14(13)20/h3-10,12H,11H2,1-2H3/t12-/m1/s1. The maximum atomic E-state index is 12.4. The Balaban J connectivity index is 1.63. The first-order valence-electron chi connectivity index (χ1n) is 8.00. The number of rotatable bonds is 5. The van der Waals surface area contributed by atoms with Crippen LogP contribution in [0.4, 0.5) is 0 Å². The van der Waals surface area contributed by atoms with Crippen molar-refractivity contribution in [2.75, 3.05) is 13.7 Å². The summed E-state index contributed by atoms with van der Waals surface area (Å²) in [5.41, 5.74) is 1.15. The normalized spacial score (nSPS) is 12.0. The third-order valence-corrected chi connectivity index (χ3v) is 5.60. The van der Waals surface area contributed by atoms with Crippen LogP contribution in [-0.2, 0) is 9.53 Å². The summed E-state index contributed by atoms with van der Waals surface area (Å²) in [5, 5.41) is 1.13. The van der Waals surface area contributed by atoms with Crippen LogP contribution in [0.2, 0.25) is 5.02 Å². The molecule has 0 bridgehead atoms. The number of thiazole rings is 1. The SMILES string of the molecule is C[C@H](c1nc2ccccc2s1)N(C)C(=O)COC(=O)c1ccccc1Cl. The number of likely N-dealkylation sites (N-methyl/N-ethyl adjacent to an activating group) is 1. The lowest BCUT2D eigenvalue weighted by Gasteiger charge is -2.23. The molecule has 1 aromatic heterocycles. The molecule has 2 aromatic carbocycles. The van der Waals surface area contributed by atoms with Gasteiger partial charge < -0.3 is 9.64 Å². The van der Waals surface area contributed by atoms with Crippen LogP contribution in [0.15, 0.2) is 48.5 Å². The summed E-state index contributed by atoms with van der Waals surface area (Å²) in [6.45, 7) is 1.54. The highest BCUT2D eigenvalue weighted by molar-refractivity contribution is 7.18. The van der Waals surface area contributed by atoms with E-state index in [-0.39, 0.29) is 24.1 Å². The third kappa shape index (κ3) is 3.86. The van der Waals surface area contributed by atoms with Crippen molar-refractivity contribution in [1.29, 1.82) is 0 Å². The topological polar surface area (TPSA) is 59.5 Å². The minimum atomic E-state index is -0.620. The van der Waals surface area contributed by atoms with Crippen molar-refractivity contribution in [3.05, 3.63) is 64.1 Å². The molecule has 26 heavy (non-hydrogen) atoms. The van der Waals surface area contributed by atoms with E-state index >= 15 is 0 Å². The molecule has 0 aliphatic carbocycles. The van der Waals surface area contributed by atoms with Crippen LogP contribution in [0.3, 0.4) is 0 Å². The number of amides is 1. The van der Waals surface area contributed by atoms with E-state index < -0.39 is 5.97 Å². The zero-order valence-corrected chi connectivity index (χ0v) is 15.9. The molecule has 0 fully saturated rings. The van der Waals surface area contributed by atoms with Gasteiger partial charge in [0, 0.05) is 7.05 Å². The monoisotopic (exact) mass is 388 g/mol. The largest absolute Gasteiger partial charge is 0.452 e. The van der Waals surface area contributed by atoms with E-state index in [0.717, 1.165) is 15.2 Å². The number of halogens is 1. The van der Waals surface area contributed by atoms with Gasteiger partial charge in [-0.3, -0.25) is 4.79 Å². The van der Waals surface area contributed by atoms with E-state index in [1.54, 1.807) is 42.6 Å². The molecule has 3 rings (SSSR count). The fourth-order valence-corrected chi connectivity index (χ4v) is 3.66. The summed E-state index contributed by atoms with van der Waals surface area (Å²) >= 11 is 7.51. The predicted octanol–water partition coefficient (Wildman–Crippen LogP) is 4.33. The maximum Gasteiger partial charge on any atom is 0.340 e. The van der Waals surface area contributed by atoms with E-state index in [9.17, 15) is 9.59 Å². The van der Waals surface area contributed by atoms with Crippen LogP contribution in [0.25, 0.3) is 10.2 Å². The average Bonchev–Trinajstić information content (AvgIpc) is 3.09. The van der Waals surface area contributed by atoms with Gasteiger partial charge in [0.1, 0.15) is 5.01 Å². The highest BCUT2D eigenvalue weighted by atomic mass is 35.5. The van der Waals surface area contributed by atoms with Crippen molar-refractivity contribution < 1.29 is 14.3 Å². The molecule has 134 valence electrons. The van der Waals surface area contributed by atoms with E-state index in [2.05, 4.69) is 4.98 Å². The Morgan fingerprint density at radius 3 is 2.62 bits per heavy atom. The molecule has 0 radical (unpaired) electrons. The molecule has 0 aliphatic heterocycles. The number of fused-ring (bicyclic) bond motifs is 1. The molecule has 5 nitrogen and oxygen atoms in total. The summed E-state index contributed by atoms with van der Waals surface area (Å²) in [6.07, 6.45) is 0. The highest BCUT2D eigenvalue weighted by Gasteiger charge is 2.22. The van der Waals surface area contributed by atoms with Crippen LogP contribution in [0.1, 0.15) is 28.3 Å². The number of carbonyl (C=O) groups excluding carboxylic acids is 2. The first-order chi connectivity index (χ1) is 12.5. The Morgan fingerprint density at radius 2 is 1.88 bits per heavy atom. The quantitative estimate of drug-likeness (QED) is 0.610. The van der Waals surface area contributed by atoms with Gasteiger partial charge in [0.2, 0.25) is 0 Å². The van der Waals surface area contributed by atoms with Gasteiger partial charge in [0.05, 0.1) is 26.8 Å². The predicted molar refractivity (Wildman–Crippen MR) is 103 cm³/mol. The molecule has 1 heterocycles. The number of nitrogens with zero attached hydrogens (tertiary/aromatic N) is 2. The first-order valence-corrected chi connectivity index (χ1v) is 9.19. The number of para-hydroxylation sites is 1. The van der Waals surface area contributed by atoms with Crippen molar-refractivity contribution in [3.63, 3.8) is 0 Å². The summed E-state index contributed by atoms with van der Waals surface area (Å²) in [4.78, 5) is 30.5. The van der Waals surface area contributed by atoms with Crippen LogP contribution >= 0.6 is 22.9 Å². The number of hydrogen-bond acceptors (Lipinski definition) is 5. The molecule has 0 saturated carbocycles. The van der Waals surface area contributed by atoms with E-state index in [1.807, 2.05) is 31.2 Å². The number of hydrogen-bond donors (Lipinski definition) is 0. The molecule has 0 spiro atoms. The number of benzene rings is 2. The molecule has 7 heteroatoms. The Kier molecular flexibility index (Phi) is 5.54. The Bertz CT molecular complexity index is 924. The summed E-state index contributed by atoms with van der Waals surface area (Å²) in [7, 11) is 1.67. The lowest BCUT2D eigenvalue weighted by Crippen LogP contribution is -2.33. The van der Waals surface area contributed by atoms with Crippen molar-refractivity contribution >= 4 is 45.0 Å². The van der Waals surface area contributed by atoms with Crippen molar-refractivity contribution in [1.82, 2.24) is 9.88 Å². The number of carbonyl (C=O) groups is 2. The molecule has 0 unspecified atom stereocenters. The third-order valence-electron chi connectivity index (χ3n) is 4.06. The van der Waals surface area contributed by atoms with Crippen molar-refractivity contribution in [2.45, 2.75) is 13.0 Å². The molecule has 1 amide bonds. The summed E-state index contributed by atoms with van der Waals surface area (Å²) in [5.74, 6) is -0.929. The van der Waals surface area contributed by atoms with Gasteiger partial charge in [-0.15, -0.1) is 11.3 Å². The second-order valence-electron chi connectivity index (χ2n) is 5.76. The van der Waals surface area contributed by atoms with Crippen LogP contribution < -0.4 is 0 Å². The smallest absolute Gasteiger partial charge is 0.340 e. The lowest BCUT2D eigenvalue weighted by molar-refractivity contribution is -0.135. The maximum absolute atomic E-state index is 12.4. The molecule has 1 atom stereocenters. The van der Waals surface area contributed by atoms with Crippen LogP contribution in [0.5, 0.6) is 0 Å². The van der Waals surface area contributed by atoms with Crippen LogP contribution in [0, 0.1) is 0 Å². The fourth-order valence-electron chi connectivity index (χ4n) is 2.38. The van der Waals surface area contributed by atoms with Gasteiger partial charge in [-0.05, 0) is 31.2 Å². The number of ether oxygens (including phenoxy) is 1. The van der Waals surface area contributed by atoms with Crippen molar-refractivity contribution in [2.24, 2.45) is 0 Å². The molecule has 3 aromatic rings. The molecular formula is C19H17ClN2O3S. The van der Waals surface area contributed by atoms with Gasteiger partial charge in [-0.25, -0.2) is 9.78 Å². The van der Waals surface area contributed by atoms with Crippen molar-refractivity contribution in [3.8, 4) is 0 Å². The first kappa shape index (κ1) is 18.4. The fraction of sp³-hybridized carbons (Fsp3) is 0.211. The molecule has 0 saturated heterocycles. The van der Waals surface area contributed by atoms with Gasteiger partial charge in [0.25, 0.3) is 5.91 Å². The highest BCUT2D eigenvalue weighted by Crippen LogP contribution is 2.28. The Labute approximate surface area is 160 Å². The van der Waals surface area contributed by atoms with Gasteiger partial charge in [0.15, 0.2) is 6.61 Å². The molecule has 0 aliphatic rings. The minimum absolute atomic E-state index is 0.223. The summed E-state index contributed by atoms with van der Waals surface area (Å²) < 4.78 is 6.17. The van der Waals surface area contributed by atoms with E-state index in [4.69, 9.17) is 16.3 Å². The second kappa shape index (κ2) is 7.85. The molecule has 0 N–H and O–H groups in total. The van der Waals surface area contributed by atoms with E-state index in [1.165, 1.54) is 4.90 Å².